The Balaban J connectivity index is 1.55. The van der Waals surface area contributed by atoms with Gasteiger partial charge in [-0.15, -0.1) is 0 Å². The second-order valence-electron chi connectivity index (χ2n) is 8.50. The number of ether oxygens (including phenoxy) is 2. The summed E-state index contributed by atoms with van der Waals surface area (Å²) in [7, 11) is -3.18. The van der Waals surface area contributed by atoms with Gasteiger partial charge in [0.1, 0.15) is 17.9 Å². The van der Waals surface area contributed by atoms with Crippen LogP contribution in [0.25, 0.3) is 16.6 Å². The molecule has 0 N–H and O–H groups in total. The van der Waals surface area contributed by atoms with Gasteiger partial charge in [0.15, 0.2) is 5.75 Å². The fourth-order valence-corrected chi connectivity index (χ4v) is 5.42. The number of aromatic nitrogens is 1. The summed E-state index contributed by atoms with van der Waals surface area (Å²) in [5, 5.41) is 11.0. The average Bonchev–Trinajstić information content (AvgIpc) is 3.06. The van der Waals surface area contributed by atoms with Gasteiger partial charge in [0.2, 0.25) is 10.0 Å². The second kappa shape index (κ2) is 10.3. The van der Waals surface area contributed by atoms with Crippen LogP contribution in [0.1, 0.15) is 38.2 Å². The summed E-state index contributed by atoms with van der Waals surface area (Å²) in [5.74, 6) is 1.17. The Kier molecular flexibility index (Phi) is 7.36. The Hall–Kier alpha value is -2.73. The van der Waals surface area contributed by atoms with Gasteiger partial charge < -0.3 is 14.0 Å². The number of halogens is 1. The lowest BCUT2D eigenvalue weighted by Gasteiger charge is -2.18. The lowest BCUT2D eigenvalue weighted by atomic mass is 10.1. The molecular formula is C25H28ClN3O4S. The summed E-state index contributed by atoms with van der Waals surface area (Å²) >= 11 is 6.45. The van der Waals surface area contributed by atoms with Crippen LogP contribution in [0.5, 0.6) is 11.5 Å². The first-order valence-corrected chi connectivity index (χ1v) is 13.6. The van der Waals surface area contributed by atoms with Crippen LogP contribution in [0.2, 0.25) is 5.02 Å². The Morgan fingerprint density at radius 2 is 2.00 bits per heavy atom. The molecule has 1 fully saturated rings. The third-order valence-electron chi connectivity index (χ3n) is 5.95. The maximum absolute atomic E-state index is 11.8. The minimum atomic E-state index is -3.18. The van der Waals surface area contributed by atoms with Gasteiger partial charge in [0, 0.05) is 30.4 Å². The Morgan fingerprint density at radius 3 is 2.74 bits per heavy atom. The van der Waals surface area contributed by atoms with Gasteiger partial charge in [0.25, 0.3) is 0 Å². The van der Waals surface area contributed by atoms with E-state index < -0.39 is 10.0 Å². The van der Waals surface area contributed by atoms with Gasteiger partial charge in [-0.1, -0.05) is 18.5 Å². The molecule has 0 saturated carbocycles. The third kappa shape index (κ3) is 5.33. The molecule has 1 saturated heterocycles. The molecule has 34 heavy (non-hydrogen) atoms. The lowest BCUT2D eigenvalue weighted by Crippen LogP contribution is -2.31. The molecular weight excluding hydrogens is 474 g/mol. The van der Waals surface area contributed by atoms with E-state index in [1.54, 1.807) is 12.1 Å². The molecule has 2 heterocycles. The van der Waals surface area contributed by atoms with E-state index in [2.05, 4.69) is 6.07 Å². The van der Waals surface area contributed by atoms with Crippen LogP contribution < -0.4 is 9.47 Å². The van der Waals surface area contributed by atoms with Crippen LogP contribution >= 0.6 is 11.6 Å². The van der Waals surface area contributed by atoms with Crippen molar-refractivity contribution in [3.8, 4) is 23.3 Å². The van der Waals surface area contributed by atoms with Gasteiger partial charge >= 0.3 is 0 Å². The van der Waals surface area contributed by atoms with Crippen LogP contribution in [0.4, 0.5) is 0 Å². The number of rotatable bonds is 7. The largest absolute Gasteiger partial charge is 0.491 e. The number of nitrogens with zero attached hydrogens (tertiary/aromatic N) is 3. The van der Waals surface area contributed by atoms with Crippen molar-refractivity contribution in [2.45, 2.75) is 38.7 Å². The zero-order valence-electron chi connectivity index (χ0n) is 19.3. The minimum Gasteiger partial charge on any atom is -0.491 e. The van der Waals surface area contributed by atoms with E-state index >= 15 is 0 Å². The number of nitriles is 1. The number of sulfonamides is 1. The Bertz CT molecular complexity index is 1330. The lowest BCUT2D eigenvalue weighted by molar-refractivity contribution is 0.186. The molecule has 0 bridgehead atoms. The van der Waals surface area contributed by atoms with E-state index in [-0.39, 0.29) is 6.10 Å². The summed E-state index contributed by atoms with van der Waals surface area (Å²) in [6.45, 7) is 3.51. The van der Waals surface area contributed by atoms with E-state index in [0.717, 1.165) is 41.6 Å². The molecule has 4 rings (SSSR count). The number of hydrogen-bond acceptors (Lipinski definition) is 5. The highest BCUT2D eigenvalue weighted by atomic mass is 35.5. The summed E-state index contributed by atoms with van der Waals surface area (Å²) in [5.41, 5.74) is 2.13. The molecule has 1 unspecified atom stereocenters. The first-order valence-electron chi connectivity index (χ1n) is 11.4. The van der Waals surface area contributed by atoms with E-state index in [4.69, 9.17) is 21.1 Å². The molecule has 7 nitrogen and oxygen atoms in total. The van der Waals surface area contributed by atoms with Crippen molar-refractivity contribution in [2.24, 2.45) is 0 Å². The van der Waals surface area contributed by atoms with Gasteiger partial charge in [0.05, 0.1) is 29.0 Å². The Labute approximate surface area is 205 Å². The third-order valence-corrected chi connectivity index (χ3v) is 7.53. The fraction of sp³-hybridized carbons (Fsp3) is 0.400. The fourth-order valence-electron chi connectivity index (χ4n) is 4.25. The van der Waals surface area contributed by atoms with E-state index in [9.17, 15) is 13.7 Å². The molecule has 2 aromatic carbocycles. The smallest absolute Gasteiger partial charge is 0.211 e. The summed E-state index contributed by atoms with van der Waals surface area (Å²) < 4.78 is 39.1. The quantitative estimate of drug-likeness (QED) is 0.447. The predicted molar refractivity (Wildman–Crippen MR) is 133 cm³/mol. The number of fused-ring (bicyclic) bond motifs is 1. The molecule has 1 atom stereocenters. The topological polar surface area (TPSA) is 84.6 Å². The maximum atomic E-state index is 11.8. The van der Waals surface area contributed by atoms with Crippen LogP contribution in [-0.4, -0.2) is 49.3 Å². The SMILES string of the molecule is CCCOc1c(Cl)cc(-n2ccc3cc(OC4CCCN(S(C)(=O)=O)CC4)ccc32)cc1C#N. The molecule has 1 aromatic heterocycles. The van der Waals surface area contributed by atoms with E-state index in [0.29, 0.717) is 42.5 Å². The molecule has 1 aliphatic rings. The first kappa shape index (κ1) is 24.4. The van der Waals surface area contributed by atoms with Crippen LogP contribution in [0.3, 0.4) is 0 Å². The Morgan fingerprint density at radius 1 is 1.18 bits per heavy atom. The van der Waals surface area contributed by atoms with Crippen LogP contribution in [-0.2, 0) is 10.0 Å². The van der Waals surface area contributed by atoms with Gasteiger partial charge in [-0.25, -0.2) is 12.7 Å². The van der Waals surface area contributed by atoms with Crippen molar-refractivity contribution < 1.29 is 17.9 Å². The number of benzene rings is 2. The molecule has 0 spiro atoms. The summed E-state index contributed by atoms with van der Waals surface area (Å²) in [6.07, 6.45) is 6.23. The molecule has 1 aliphatic heterocycles. The monoisotopic (exact) mass is 501 g/mol. The van der Waals surface area contributed by atoms with Gasteiger partial charge in [-0.05, 0) is 62.1 Å². The van der Waals surface area contributed by atoms with Crippen molar-refractivity contribution in [3.05, 3.63) is 53.2 Å². The molecule has 0 radical (unpaired) electrons. The van der Waals surface area contributed by atoms with Crippen LogP contribution in [0.15, 0.2) is 42.6 Å². The van der Waals surface area contributed by atoms with Gasteiger partial charge in [-0.3, -0.25) is 0 Å². The zero-order chi connectivity index (χ0) is 24.3. The molecule has 0 amide bonds. The van der Waals surface area contributed by atoms with Crippen molar-refractivity contribution >= 4 is 32.5 Å². The zero-order valence-corrected chi connectivity index (χ0v) is 20.9. The maximum Gasteiger partial charge on any atom is 0.211 e. The average molecular weight is 502 g/mol. The van der Waals surface area contributed by atoms with Crippen molar-refractivity contribution in [1.82, 2.24) is 8.87 Å². The van der Waals surface area contributed by atoms with E-state index in [1.807, 2.05) is 42.0 Å². The van der Waals surface area contributed by atoms with Crippen molar-refractivity contribution in [2.75, 3.05) is 26.0 Å². The standard InChI is InChI=1S/C25H28ClN3O4S/c1-3-13-32-25-19(17-27)14-20(16-23(25)26)29-12-8-18-15-22(6-7-24(18)29)33-21-5-4-10-28(11-9-21)34(2,30)31/h6-8,12,14-16,21H,3-5,9-11,13H2,1-2H3. The number of hydrogen-bond donors (Lipinski definition) is 0. The first-order chi connectivity index (χ1) is 16.3. The minimum absolute atomic E-state index is 0.0288. The predicted octanol–water partition coefficient (Wildman–Crippen LogP) is 5.14. The summed E-state index contributed by atoms with van der Waals surface area (Å²) in [6, 6.07) is 13.6. The van der Waals surface area contributed by atoms with Crippen LogP contribution in [0, 0.1) is 11.3 Å². The molecule has 9 heteroatoms. The molecule has 3 aromatic rings. The highest BCUT2D eigenvalue weighted by Crippen LogP contribution is 2.34. The molecule has 0 aliphatic carbocycles. The molecule has 180 valence electrons. The normalized spacial score (nSPS) is 17.3. The second-order valence-corrected chi connectivity index (χ2v) is 10.9. The van der Waals surface area contributed by atoms with Gasteiger partial charge in [-0.2, -0.15) is 5.26 Å². The highest BCUT2D eigenvalue weighted by Gasteiger charge is 2.23. The van der Waals surface area contributed by atoms with E-state index in [1.165, 1.54) is 10.6 Å². The van der Waals surface area contributed by atoms with Crippen molar-refractivity contribution in [3.63, 3.8) is 0 Å². The highest BCUT2D eigenvalue weighted by molar-refractivity contribution is 7.88. The van der Waals surface area contributed by atoms with Crippen molar-refractivity contribution in [1.29, 1.82) is 5.26 Å². The summed E-state index contributed by atoms with van der Waals surface area (Å²) in [4.78, 5) is 0.